The van der Waals surface area contributed by atoms with Gasteiger partial charge in [-0.05, 0) is 37.0 Å². The Balaban J connectivity index is 2.00. The van der Waals surface area contributed by atoms with Gasteiger partial charge in [0, 0.05) is 18.2 Å². The van der Waals surface area contributed by atoms with E-state index in [0.717, 1.165) is 30.6 Å². The lowest BCUT2D eigenvalue weighted by molar-refractivity contribution is 0.249. The zero-order chi connectivity index (χ0) is 14.4. The smallest absolute Gasteiger partial charge is 0.124 e. The predicted molar refractivity (Wildman–Crippen MR) is 82.4 cm³/mol. The van der Waals surface area contributed by atoms with Gasteiger partial charge in [0.25, 0.3) is 0 Å². The molecule has 1 aliphatic rings. The van der Waals surface area contributed by atoms with Crippen molar-refractivity contribution in [1.29, 1.82) is 0 Å². The molecule has 0 spiro atoms. The van der Waals surface area contributed by atoms with E-state index in [-0.39, 0.29) is 0 Å². The minimum absolute atomic E-state index is 0.462. The van der Waals surface area contributed by atoms with Gasteiger partial charge < -0.3 is 14.8 Å². The summed E-state index contributed by atoms with van der Waals surface area (Å²) in [6.07, 6.45) is 5.35. The molecule has 0 heterocycles. The molecule has 0 aromatic heterocycles. The first-order valence-corrected chi connectivity index (χ1v) is 7.72. The first-order valence-electron chi connectivity index (χ1n) is 7.72. The minimum Gasteiger partial charge on any atom is -0.497 e. The fourth-order valence-electron chi connectivity index (χ4n) is 2.66. The monoisotopic (exact) mass is 277 g/mol. The Hall–Kier alpha value is -1.22. The summed E-state index contributed by atoms with van der Waals surface area (Å²) in [5.74, 6) is 2.62. The van der Waals surface area contributed by atoms with E-state index in [0.29, 0.717) is 6.04 Å². The highest BCUT2D eigenvalue weighted by molar-refractivity contribution is 5.40. The van der Waals surface area contributed by atoms with Gasteiger partial charge in [0.1, 0.15) is 11.5 Å². The quantitative estimate of drug-likeness (QED) is 0.823. The Bertz CT molecular complexity index is 411. The zero-order valence-corrected chi connectivity index (χ0v) is 12.9. The van der Waals surface area contributed by atoms with Crippen LogP contribution in [0.25, 0.3) is 0 Å². The summed E-state index contributed by atoms with van der Waals surface area (Å²) in [6, 6.07) is 6.54. The maximum atomic E-state index is 6.06. The number of benzene rings is 1. The highest BCUT2D eigenvalue weighted by Gasteiger charge is 2.16. The maximum Gasteiger partial charge on any atom is 0.124 e. The van der Waals surface area contributed by atoms with Crippen molar-refractivity contribution in [3.8, 4) is 11.5 Å². The van der Waals surface area contributed by atoms with E-state index in [1.54, 1.807) is 7.11 Å². The molecule has 0 atom stereocenters. The number of ether oxygens (including phenoxy) is 2. The average molecular weight is 277 g/mol. The van der Waals surface area contributed by atoms with Gasteiger partial charge in [0.05, 0.1) is 13.7 Å². The van der Waals surface area contributed by atoms with Crippen LogP contribution in [-0.4, -0.2) is 19.8 Å². The summed E-state index contributed by atoms with van der Waals surface area (Å²) in [4.78, 5) is 0. The molecule has 1 N–H and O–H groups in total. The largest absolute Gasteiger partial charge is 0.497 e. The molecule has 112 valence electrons. The van der Waals surface area contributed by atoms with Crippen molar-refractivity contribution in [3.63, 3.8) is 0 Å². The number of methoxy groups -OCH3 is 1. The van der Waals surface area contributed by atoms with Crippen LogP contribution in [0.5, 0.6) is 11.5 Å². The zero-order valence-electron chi connectivity index (χ0n) is 12.9. The van der Waals surface area contributed by atoms with Crippen molar-refractivity contribution in [3.05, 3.63) is 23.8 Å². The Morgan fingerprint density at radius 1 is 1.25 bits per heavy atom. The SMILES string of the molecule is COc1ccc(OCC2CCCC2)c(CNC(C)C)c1. The summed E-state index contributed by atoms with van der Waals surface area (Å²) in [5, 5.41) is 3.45. The van der Waals surface area contributed by atoms with Gasteiger partial charge in [-0.25, -0.2) is 0 Å². The lowest BCUT2D eigenvalue weighted by atomic mass is 10.1. The lowest BCUT2D eigenvalue weighted by Crippen LogP contribution is -2.22. The Morgan fingerprint density at radius 2 is 2.00 bits per heavy atom. The van der Waals surface area contributed by atoms with Gasteiger partial charge in [-0.15, -0.1) is 0 Å². The van der Waals surface area contributed by atoms with Gasteiger partial charge in [-0.1, -0.05) is 26.7 Å². The Kier molecular flexibility index (Phi) is 5.72. The summed E-state index contributed by atoms with van der Waals surface area (Å²) in [6.45, 7) is 5.97. The van der Waals surface area contributed by atoms with E-state index in [1.165, 1.54) is 31.2 Å². The van der Waals surface area contributed by atoms with E-state index >= 15 is 0 Å². The third kappa shape index (κ3) is 4.41. The normalized spacial score (nSPS) is 15.8. The van der Waals surface area contributed by atoms with Crippen LogP contribution < -0.4 is 14.8 Å². The fourth-order valence-corrected chi connectivity index (χ4v) is 2.66. The predicted octanol–water partition coefficient (Wildman–Crippen LogP) is 3.76. The third-order valence-corrected chi connectivity index (χ3v) is 3.92. The summed E-state index contributed by atoms with van der Waals surface area (Å²) in [5.41, 5.74) is 1.18. The summed E-state index contributed by atoms with van der Waals surface area (Å²) in [7, 11) is 1.70. The van der Waals surface area contributed by atoms with Crippen LogP contribution >= 0.6 is 0 Å². The molecule has 1 aliphatic carbocycles. The van der Waals surface area contributed by atoms with E-state index < -0.39 is 0 Å². The maximum absolute atomic E-state index is 6.06. The second-order valence-corrected chi connectivity index (χ2v) is 5.97. The van der Waals surface area contributed by atoms with Gasteiger partial charge in [-0.3, -0.25) is 0 Å². The van der Waals surface area contributed by atoms with Crippen molar-refractivity contribution >= 4 is 0 Å². The van der Waals surface area contributed by atoms with Crippen LogP contribution in [0.2, 0.25) is 0 Å². The molecule has 20 heavy (non-hydrogen) atoms. The van der Waals surface area contributed by atoms with Gasteiger partial charge in [0.2, 0.25) is 0 Å². The van der Waals surface area contributed by atoms with Crippen LogP contribution in [0, 0.1) is 5.92 Å². The molecule has 0 bridgehead atoms. The molecule has 0 amide bonds. The standard InChI is InChI=1S/C17H27NO2/c1-13(2)18-11-15-10-16(19-3)8-9-17(15)20-12-14-6-4-5-7-14/h8-10,13-14,18H,4-7,11-12H2,1-3H3. The minimum atomic E-state index is 0.462. The molecule has 2 rings (SSSR count). The molecule has 1 saturated carbocycles. The first-order chi connectivity index (χ1) is 9.69. The van der Waals surface area contributed by atoms with Crippen molar-refractivity contribution in [2.24, 2.45) is 5.92 Å². The first kappa shape index (κ1) is 15.2. The van der Waals surface area contributed by atoms with Gasteiger partial charge >= 0.3 is 0 Å². The molecule has 1 fully saturated rings. The molecule has 3 heteroatoms. The Labute approximate surface area is 122 Å². The van der Waals surface area contributed by atoms with E-state index in [1.807, 2.05) is 12.1 Å². The molecule has 3 nitrogen and oxygen atoms in total. The number of hydrogen-bond acceptors (Lipinski definition) is 3. The molecule has 0 aliphatic heterocycles. The molecular weight excluding hydrogens is 250 g/mol. The van der Waals surface area contributed by atoms with Crippen LogP contribution in [0.3, 0.4) is 0 Å². The van der Waals surface area contributed by atoms with E-state index in [9.17, 15) is 0 Å². The lowest BCUT2D eigenvalue weighted by Gasteiger charge is -2.17. The third-order valence-electron chi connectivity index (χ3n) is 3.92. The highest BCUT2D eigenvalue weighted by atomic mass is 16.5. The topological polar surface area (TPSA) is 30.5 Å². The highest BCUT2D eigenvalue weighted by Crippen LogP contribution is 2.28. The van der Waals surface area contributed by atoms with E-state index in [4.69, 9.17) is 9.47 Å². The molecular formula is C17H27NO2. The average Bonchev–Trinajstić information content (AvgIpc) is 2.96. The summed E-state index contributed by atoms with van der Waals surface area (Å²) >= 11 is 0. The molecule has 0 saturated heterocycles. The second kappa shape index (κ2) is 7.53. The number of hydrogen-bond donors (Lipinski definition) is 1. The Morgan fingerprint density at radius 3 is 2.65 bits per heavy atom. The fraction of sp³-hybridized carbons (Fsp3) is 0.647. The van der Waals surface area contributed by atoms with Gasteiger partial charge in [-0.2, -0.15) is 0 Å². The van der Waals surface area contributed by atoms with Crippen molar-refractivity contribution in [2.45, 2.75) is 52.1 Å². The molecule has 1 aromatic carbocycles. The number of nitrogens with one attached hydrogen (secondary N) is 1. The van der Waals surface area contributed by atoms with Crippen LogP contribution in [0.1, 0.15) is 45.1 Å². The summed E-state index contributed by atoms with van der Waals surface area (Å²) < 4.78 is 11.4. The van der Waals surface area contributed by atoms with Crippen molar-refractivity contribution in [2.75, 3.05) is 13.7 Å². The molecule has 1 aromatic rings. The van der Waals surface area contributed by atoms with E-state index in [2.05, 4.69) is 25.2 Å². The number of rotatable bonds is 7. The molecule has 0 radical (unpaired) electrons. The van der Waals surface area contributed by atoms with Gasteiger partial charge in [0.15, 0.2) is 0 Å². The molecule has 0 unspecified atom stereocenters. The van der Waals surface area contributed by atoms with Crippen LogP contribution in [0.4, 0.5) is 0 Å². The second-order valence-electron chi connectivity index (χ2n) is 5.97. The van der Waals surface area contributed by atoms with Crippen LogP contribution in [0.15, 0.2) is 18.2 Å². The van der Waals surface area contributed by atoms with Crippen molar-refractivity contribution in [1.82, 2.24) is 5.32 Å². The van der Waals surface area contributed by atoms with Crippen molar-refractivity contribution < 1.29 is 9.47 Å². The van der Waals surface area contributed by atoms with Crippen LogP contribution in [-0.2, 0) is 6.54 Å².